The summed E-state index contributed by atoms with van der Waals surface area (Å²) in [6.45, 7) is -0.252. The van der Waals surface area contributed by atoms with Gasteiger partial charge >= 0.3 is 0 Å². The first-order valence-corrected chi connectivity index (χ1v) is 13.1. The van der Waals surface area contributed by atoms with Gasteiger partial charge in [-0.3, -0.25) is 14.6 Å². The zero-order valence-corrected chi connectivity index (χ0v) is 20.6. The van der Waals surface area contributed by atoms with Gasteiger partial charge in [0.2, 0.25) is 15.0 Å². The van der Waals surface area contributed by atoms with E-state index < -0.39 is 15.9 Å². The van der Waals surface area contributed by atoms with Crippen LogP contribution < -0.4 is 25.3 Å². The van der Waals surface area contributed by atoms with Crippen LogP contribution in [-0.2, 0) is 14.8 Å². The van der Waals surface area contributed by atoms with Gasteiger partial charge in [0, 0.05) is 23.6 Å². The molecule has 3 aromatic heterocycles. The molecule has 3 N–H and O–H groups in total. The smallest absolute Gasteiger partial charge is 0.291 e. The SMILES string of the molecule is NS(=O)(=O)c1ccc(NC(=O)COc2ccc(/C=c3\sc4nc(-c5ccncc5)nn4c3=O)cc2)cc1. The minimum absolute atomic E-state index is 0.0506. The molecule has 0 unspecified atom stereocenters. The molecular formula is C24H18N6O5S2. The summed E-state index contributed by atoms with van der Waals surface area (Å²) in [6.07, 6.45) is 5.01. The van der Waals surface area contributed by atoms with Crippen molar-refractivity contribution in [2.45, 2.75) is 4.90 Å². The number of carbonyl (C=O) groups is 1. The number of carbonyl (C=O) groups excluding carboxylic acids is 1. The summed E-state index contributed by atoms with van der Waals surface area (Å²) in [5.74, 6) is 0.503. The van der Waals surface area contributed by atoms with Crippen molar-refractivity contribution in [1.29, 1.82) is 0 Å². The molecule has 37 heavy (non-hydrogen) atoms. The quantitative estimate of drug-likeness (QED) is 0.317. The number of amides is 1. The topological polar surface area (TPSA) is 159 Å². The van der Waals surface area contributed by atoms with Gasteiger partial charge in [0.25, 0.3) is 11.5 Å². The first kappa shape index (κ1) is 24.2. The normalized spacial score (nSPS) is 12.1. The van der Waals surface area contributed by atoms with E-state index in [1.54, 1.807) is 54.9 Å². The lowest BCUT2D eigenvalue weighted by Crippen LogP contribution is -2.23. The average molecular weight is 535 g/mol. The highest BCUT2D eigenvalue weighted by Gasteiger charge is 2.12. The van der Waals surface area contributed by atoms with Gasteiger partial charge in [-0.05, 0) is 60.2 Å². The van der Waals surface area contributed by atoms with Gasteiger partial charge < -0.3 is 10.1 Å². The standard InChI is InChI=1S/C24H18N6O5S2/c25-37(33,34)19-7-3-17(4-8-19)27-21(31)14-35-18-5-1-15(2-6-18)13-20-23(32)30-24(36-20)28-22(29-30)16-9-11-26-12-10-16/h1-13H,14H2,(H,27,31)(H2,25,33,34)/b20-13-. The molecule has 0 radical (unpaired) electrons. The number of thiazole rings is 1. The molecular weight excluding hydrogens is 516 g/mol. The number of pyridine rings is 1. The van der Waals surface area contributed by atoms with E-state index in [2.05, 4.69) is 20.4 Å². The summed E-state index contributed by atoms with van der Waals surface area (Å²) in [6, 6.07) is 15.9. The van der Waals surface area contributed by atoms with Gasteiger partial charge in [0.15, 0.2) is 12.4 Å². The monoisotopic (exact) mass is 534 g/mol. The molecule has 5 rings (SSSR count). The number of hydrogen-bond acceptors (Lipinski definition) is 9. The number of fused-ring (bicyclic) bond motifs is 1. The van der Waals surface area contributed by atoms with Crippen LogP contribution in [0.15, 0.2) is 82.7 Å². The van der Waals surface area contributed by atoms with Crippen LogP contribution in [0.5, 0.6) is 5.75 Å². The highest BCUT2D eigenvalue weighted by molar-refractivity contribution is 7.89. The van der Waals surface area contributed by atoms with Gasteiger partial charge in [0.05, 0.1) is 9.43 Å². The first-order valence-electron chi connectivity index (χ1n) is 10.7. The van der Waals surface area contributed by atoms with Crippen LogP contribution in [0.4, 0.5) is 5.69 Å². The Hall–Kier alpha value is -4.46. The molecule has 186 valence electrons. The molecule has 5 aromatic rings. The maximum absolute atomic E-state index is 12.8. The second-order valence-corrected chi connectivity index (χ2v) is 10.3. The zero-order valence-electron chi connectivity index (χ0n) is 18.9. The third-order valence-electron chi connectivity index (χ3n) is 5.13. The van der Waals surface area contributed by atoms with Gasteiger partial charge in [-0.1, -0.05) is 23.5 Å². The number of nitrogens with one attached hydrogen (secondary N) is 1. The molecule has 2 aromatic carbocycles. The fraction of sp³-hybridized carbons (Fsp3) is 0.0417. The number of aromatic nitrogens is 4. The highest BCUT2D eigenvalue weighted by Crippen LogP contribution is 2.16. The molecule has 0 bridgehead atoms. The number of rotatable bonds is 7. The van der Waals surface area contributed by atoms with Crippen molar-refractivity contribution in [3.63, 3.8) is 0 Å². The summed E-state index contributed by atoms with van der Waals surface area (Å²) >= 11 is 1.24. The number of benzene rings is 2. The fourth-order valence-corrected chi connectivity index (χ4v) is 4.77. The lowest BCUT2D eigenvalue weighted by atomic mass is 10.2. The van der Waals surface area contributed by atoms with Crippen molar-refractivity contribution in [3.8, 4) is 17.1 Å². The number of nitrogens with zero attached hydrogens (tertiary/aromatic N) is 4. The van der Waals surface area contributed by atoms with E-state index in [1.807, 2.05) is 0 Å². The number of anilines is 1. The van der Waals surface area contributed by atoms with Crippen LogP contribution in [-0.4, -0.2) is 40.5 Å². The van der Waals surface area contributed by atoms with Crippen LogP contribution >= 0.6 is 11.3 Å². The number of primary sulfonamides is 1. The van der Waals surface area contributed by atoms with E-state index in [9.17, 15) is 18.0 Å². The van der Waals surface area contributed by atoms with E-state index in [0.717, 1.165) is 11.1 Å². The maximum Gasteiger partial charge on any atom is 0.291 e. The summed E-state index contributed by atoms with van der Waals surface area (Å²) in [7, 11) is -3.80. The van der Waals surface area contributed by atoms with E-state index in [1.165, 1.54) is 40.1 Å². The largest absolute Gasteiger partial charge is 0.484 e. The fourth-order valence-electron chi connectivity index (χ4n) is 3.34. The molecule has 3 heterocycles. The minimum Gasteiger partial charge on any atom is -0.484 e. The van der Waals surface area contributed by atoms with Gasteiger partial charge in [-0.2, -0.15) is 9.50 Å². The second-order valence-electron chi connectivity index (χ2n) is 7.76. The Balaban J connectivity index is 1.22. The Morgan fingerprint density at radius 3 is 2.41 bits per heavy atom. The summed E-state index contributed by atoms with van der Waals surface area (Å²) in [5.41, 5.74) is 1.69. The number of sulfonamides is 1. The number of hydrogen-bond donors (Lipinski definition) is 2. The van der Waals surface area contributed by atoms with Gasteiger partial charge in [0.1, 0.15) is 5.75 Å². The average Bonchev–Trinajstić information content (AvgIpc) is 3.43. The zero-order chi connectivity index (χ0) is 26.0. The molecule has 0 aliphatic heterocycles. The molecule has 0 spiro atoms. The Morgan fingerprint density at radius 2 is 1.76 bits per heavy atom. The summed E-state index contributed by atoms with van der Waals surface area (Å²) < 4.78 is 29.9. The van der Waals surface area contributed by atoms with Crippen LogP contribution in [0, 0.1) is 0 Å². The molecule has 0 atom stereocenters. The first-order chi connectivity index (χ1) is 17.8. The second kappa shape index (κ2) is 9.89. The predicted molar refractivity (Wildman–Crippen MR) is 138 cm³/mol. The predicted octanol–water partition coefficient (Wildman–Crippen LogP) is 1.43. The van der Waals surface area contributed by atoms with Crippen LogP contribution in [0.25, 0.3) is 22.4 Å². The number of ether oxygens (including phenoxy) is 1. The van der Waals surface area contributed by atoms with E-state index in [4.69, 9.17) is 9.88 Å². The molecule has 13 heteroatoms. The summed E-state index contributed by atoms with van der Waals surface area (Å²) in [4.78, 5) is 33.8. The highest BCUT2D eigenvalue weighted by atomic mass is 32.2. The van der Waals surface area contributed by atoms with Crippen LogP contribution in [0.1, 0.15) is 5.56 Å². The molecule has 0 fully saturated rings. The molecule has 11 nitrogen and oxygen atoms in total. The van der Waals surface area contributed by atoms with Gasteiger partial charge in [-0.25, -0.2) is 13.6 Å². The molecule has 0 saturated heterocycles. The molecule has 1 amide bonds. The van der Waals surface area contributed by atoms with Crippen molar-refractivity contribution in [3.05, 3.63) is 93.5 Å². The third kappa shape index (κ3) is 5.53. The van der Waals surface area contributed by atoms with E-state index in [-0.39, 0.29) is 17.1 Å². The maximum atomic E-state index is 12.8. The molecule has 0 saturated carbocycles. The van der Waals surface area contributed by atoms with Crippen molar-refractivity contribution < 1.29 is 17.9 Å². The van der Waals surface area contributed by atoms with Crippen molar-refractivity contribution in [2.24, 2.45) is 5.14 Å². The molecule has 0 aliphatic carbocycles. The lowest BCUT2D eigenvalue weighted by molar-refractivity contribution is -0.118. The Morgan fingerprint density at radius 1 is 1.05 bits per heavy atom. The van der Waals surface area contributed by atoms with Crippen LogP contribution in [0.3, 0.4) is 0 Å². The third-order valence-corrected chi connectivity index (χ3v) is 7.02. The van der Waals surface area contributed by atoms with Gasteiger partial charge in [-0.15, -0.1) is 5.10 Å². The Kier molecular flexibility index (Phi) is 6.48. The Bertz CT molecular complexity index is 1800. The van der Waals surface area contributed by atoms with Crippen molar-refractivity contribution in [2.75, 3.05) is 11.9 Å². The molecule has 0 aliphatic rings. The van der Waals surface area contributed by atoms with Crippen LogP contribution in [0.2, 0.25) is 0 Å². The van der Waals surface area contributed by atoms with Crippen molar-refractivity contribution in [1.82, 2.24) is 19.6 Å². The number of nitrogens with two attached hydrogens (primary N) is 1. The summed E-state index contributed by atoms with van der Waals surface area (Å²) in [5, 5.41) is 12.0. The van der Waals surface area contributed by atoms with Crippen molar-refractivity contribution >= 4 is 44.0 Å². The Labute approximate surface area is 213 Å². The lowest BCUT2D eigenvalue weighted by Gasteiger charge is -2.08. The minimum atomic E-state index is -3.80. The van der Waals surface area contributed by atoms with E-state index in [0.29, 0.717) is 26.8 Å². The van der Waals surface area contributed by atoms with E-state index >= 15 is 0 Å².